The summed E-state index contributed by atoms with van der Waals surface area (Å²) in [7, 11) is 0. The van der Waals surface area contributed by atoms with Crippen LogP contribution < -0.4 is 5.32 Å². The lowest BCUT2D eigenvalue weighted by atomic mass is 9.79. The molecule has 0 aliphatic carbocycles. The monoisotopic (exact) mass is 365 g/mol. The number of nitrogens with one attached hydrogen (secondary N) is 1. The summed E-state index contributed by atoms with van der Waals surface area (Å²) >= 11 is 0. The van der Waals surface area contributed by atoms with Crippen LogP contribution in [0.5, 0.6) is 0 Å². The second-order valence-electron chi connectivity index (χ2n) is 6.21. The SMILES string of the molecule is CCOC(=O)C1=C(C)NC(C)=C(C2OC(C)O2)C1c1cccc(F)c1F. The number of carbonyl (C=O) groups is 1. The fraction of sp³-hybridized carbons (Fsp3) is 0.421. The minimum Gasteiger partial charge on any atom is -0.463 e. The Labute approximate surface area is 150 Å². The number of ether oxygens (including phenoxy) is 3. The van der Waals surface area contributed by atoms with Crippen molar-refractivity contribution in [3.05, 3.63) is 57.9 Å². The van der Waals surface area contributed by atoms with Gasteiger partial charge in [0, 0.05) is 28.4 Å². The standard InChI is InChI=1S/C19H21F2NO4/c1-5-24-18(23)14-9(2)22-10(3)15(19-25-11(4)26-19)16(14)12-7-6-8-13(20)17(12)21/h6-8,11,16,19,22H,5H2,1-4H3. The van der Waals surface area contributed by atoms with Crippen molar-refractivity contribution in [2.24, 2.45) is 0 Å². The van der Waals surface area contributed by atoms with Gasteiger partial charge in [0.2, 0.25) is 0 Å². The van der Waals surface area contributed by atoms with Crippen LogP contribution in [0.2, 0.25) is 0 Å². The van der Waals surface area contributed by atoms with E-state index in [-0.39, 0.29) is 17.7 Å². The summed E-state index contributed by atoms with van der Waals surface area (Å²) in [6.45, 7) is 7.05. The molecule has 1 atom stereocenters. The predicted octanol–water partition coefficient (Wildman–Crippen LogP) is 3.48. The third kappa shape index (κ3) is 3.12. The van der Waals surface area contributed by atoms with Crippen molar-refractivity contribution in [2.45, 2.75) is 46.2 Å². The van der Waals surface area contributed by atoms with Crippen molar-refractivity contribution in [2.75, 3.05) is 6.61 Å². The van der Waals surface area contributed by atoms with Crippen LogP contribution in [-0.4, -0.2) is 25.2 Å². The van der Waals surface area contributed by atoms with E-state index in [4.69, 9.17) is 14.2 Å². The van der Waals surface area contributed by atoms with Crippen molar-refractivity contribution in [3.8, 4) is 0 Å². The topological polar surface area (TPSA) is 56.8 Å². The van der Waals surface area contributed by atoms with Crippen LogP contribution in [0, 0.1) is 11.6 Å². The zero-order chi connectivity index (χ0) is 19.0. The van der Waals surface area contributed by atoms with E-state index in [0.29, 0.717) is 17.0 Å². The van der Waals surface area contributed by atoms with Gasteiger partial charge in [0.15, 0.2) is 24.2 Å². The largest absolute Gasteiger partial charge is 0.463 e. The Bertz CT molecular complexity index is 797. The summed E-state index contributed by atoms with van der Waals surface area (Å²) in [4.78, 5) is 12.6. The van der Waals surface area contributed by atoms with Gasteiger partial charge in [0.25, 0.3) is 0 Å². The highest BCUT2D eigenvalue weighted by Gasteiger charge is 2.43. The van der Waals surface area contributed by atoms with Crippen LogP contribution in [0.1, 0.15) is 39.2 Å². The second kappa shape index (κ2) is 7.17. The van der Waals surface area contributed by atoms with E-state index in [0.717, 1.165) is 6.07 Å². The number of benzene rings is 1. The smallest absolute Gasteiger partial charge is 0.336 e. The van der Waals surface area contributed by atoms with Gasteiger partial charge >= 0.3 is 5.97 Å². The van der Waals surface area contributed by atoms with Crippen LogP contribution in [0.25, 0.3) is 0 Å². The van der Waals surface area contributed by atoms with Crippen molar-refractivity contribution in [3.63, 3.8) is 0 Å². The quantitative estimate of drug-likeness (QED) is 0.828. The molecule has 0 amide bonds. The number of carbonyl (C=O) groups excluding carboxylic acids is 1. The molecule has 0 radical (unpaired) electrons. The molecular formula is C19H21F2NO4. The minimum atomic E-state index is -1.01. The molecule has 2 heterocycles. The molecule has 140 valence electrons. The second-order valence-corrected chi connectivity index (χ2v) is 6.21. The summed E-state index contributed by atoms with van der Waals surface area (Å²) in [6.07, 6.45) is -1.15. The number of hydrogen-bond acceptors (Lipinski definition) is 5. The Kier molecular flexibility index (Phi) is 5.11. The first-order valence-electron chi connectivity index (χ1n) is 8.45. The molecule has 0 bridgehead atoms. The van der Waals surface area contributed by atoms with Crippen LogP contribution in [0.3, 0.4) is 0 Å². The third-order valence-corrected chi connectivity index (χ3v) is 4.48. The number of dihydropyridines is 1. The Morgan fingerprint density at radius 2 is 1.92 bits per heavy atom. The molecule has 1 aromatic carbocycles. The number of rotatable bonds is 4. The summed E-state index contributed by atoms with van der Waals surface area (Å²) < 4.78 is 44.8. The van der Waals surface area contributed by atoms with Crippen molar-refractivity contribution >= 4 is 5.97 Å². The predicted molar refractivity (Wildman–Crippen MR) is 89.7 cm³/mol. The average molecular weight is 365 g/mol. The van der Waals surface area contributed by atoms with Gasteiger partial charge in [-0.3, -0.25) is 0 Å². The molecule has 3 rings (SSSR count). The molecular weight excluding hydrogens is 344 g/mol. The zero-order valence-corrected chi connectivity index (χ0v) is 15.1. The Morgan fingerprint density at radius 3 is 2.54 bits per heavy atom. The zero-order valence-electron chi connectivity index (χ0n) is 15.1. The highest BCUT2D eigenvalue weighted by Crippen LogP contribution is 2.44. The number of halogens is 2. The molecule has 0 saturated carbocycles. The maximum absolute atomic E-state index is 14.6. The van der Waals surface area contributed by atoms with Crippen LogP contribution in [0.15, 0.2) is 40.7 Å². The molecule has 1 aromatic rings. The van der Waals surface area contributed by atoms with E-state index in [1.54, 1.807) is 27.7 Å². The van der Waals surface area contributed by atoms with Gasteiger partial charge in [-0.2, -0.15) is 0 Å². The summed E-state index contributed by atoms with van der Waals surface area (Å²) in [6, 6.07) is 3.90. The Balaban J connectivity index is 2.16. The Hall–Kier alpha value is -2.25. The Morgan fingerprint density at radius 1 is 1.23 bits per heavy atom. The van der Waals surface area contributed by atoms with Crippen LogP contribution in [0.4, 0.5) is 8.78 Å². The van der Waals surface area contributed by atoms with Crippen molar-refractivity contribution in [1.29, 1.82) is 0 Å². The van der Waals surface area contributed by atoms with Crippen LogP contribution >= 0.6 is 0 Å². The van der Waals surface area contributed by atoms with Gasteiger partial charge in [-0.25, -0.2) is 13.6 Å². The van der Waals surface area contributed by atoms with Crippen LogP contribution in [-0.2, 0) is 19.0 Å². The van der Waals surface area contributed by atoms with E-state index in [2.05, 4.69) is 5.32 Å². The maximum Gasteiger partial charge on any atom is 0.336 e. The molecule has 1 fully saturated rings. The molecule has 1 N–H and O–H groups in total. The molecule has 2 aliphatic rings. The lowest BCUT2D eigenvalue weighted by Gasteiger charge is -2.41. The maximum atomic E-state index is 14.6. The van der Waals surface area contributed by atoms with Crippen molar-refractivity contribution < 1.29 is 27.8 Å². The van der Waals surface area contributed by atoms with E-state index in [9.17, 15) is 13.6 Å². The molecule has 5 nitrogen and oxygen atoms in total. The minimum absolute atomic E-state index is 0.0370. The number of allylic oxidation sites excluding steroid dienone is 2. The number of esters is 1. The van der Waals surface area contributed by atoms with E-state index in [1.807, 2.05) is 0 Å². The molecule has 0 aromatic heterocycles. The van der Waals surface area contributed by atoms with Crippen molar-refractivity contribution in [1.82, 2.24) is 5.32 Å². The summed E-state index contributed by atoms with van der Waals surface area (Å²) in [5, 5.41) is 3.10. The van der Waals surface area contributed by atoms with E-state index in [1.165, 1.54) is 12.1 Å². The van der Waals surface area contributed by atoms with Gasteiger partial charge < -0.3 is 19.5 Å². The third-order valence-electron chi connectivity index (χ3n) is 4.48. The van der Waals surface area contributed by atoms with E-state index >= 15 is 0 Å². The highest BCUT2D eigenvalue weighted by molar-refractivity contribution is 5.92. The lowest BCUT2D eigenvalue weighted by molar-refractivity contribution is -0.360. The first-order chi connectivity index (χ1) is 12.3. The van der Waals surface area contributed by atoms with E-state index < -0.39 is 36.1 Å². The first-order valence-corrected chi connectivity index (χ1v) is 8.45. The molecule has 0 spiro atoms. The molecule has 7 heteroatoms. The normalized spacial score (nSPS) is 25.7. The molecule has 2 aliphatic heterocycles. The van der Waals surface area contributed by atoms with Gasteiger partial charge in [-0.15, -0.1) is 0 Å². The van der Waals surface area contributed by atoms with Gasteiger partial charge in [0.1, 0.15) is 0 Å². The fourth-order valence-corrected chi connectivity index (χ4v) is 3.37. The van der Waals surface area contributed by atoms with Gasteiger partial charge in [-0.1, -0.05) is 12.1 Å². The highest BCUT2D eigenvalue weighted by atomic mass is 19.2. The molecule has 26 heavy (non-hydrogen) atoms. The molecule has 1 unspecified atom stereocenters. The average Bonchev–Trinajstić information content (AvgIpc) is 2.54. The molecule has 1 saturated heterocycles. The van der Waals surface area contributed by atoms with Gasteiger partial charge in [0.05, 0.1) is 12.2 Å². The summed E-state index contributed by atoms with van der Waals surface area (Å²) in [5.41, 5.74) is 1.96. The summed E-state index contributed by atoms with van der Waals surface area (Å²) in [5.74, 6) is -3.46. The lowest BCUT2D eigenvalue weighted by Crippen LogP contribution is -2.45. The van der Waals surface area contributed by atoms with Gasteiger partial charge in [-0.05, 0) is 33.8 Å². The fourth-order valence-electron chi connectivity index (χ4n) is 3.37. The number of hydrogen-bond donors (Lipinski definition) is 1. The first kappa shape index (κ1) is 18.5.